The van der Waals surface area contributed by atoms with E-state index in [2.05, 4.69) is 5.32 Å². The molecule has 0 spiro atoms. The van der Waals surface area contributed by atoms with Gasteiger partial charge in [0, 0.05) is 31.6 Å². The van der Waals surface area contributed by atoms with Gasteiger partial charge in [0.1, 0.15) is 11.4 Å². The largest absolute Gasteiger partial charge is 0.494 e. The van der Waals surface area contributed by atoms with E-state index in [9.17, 15) is 9.59 Å². The third-order valence-electron chi connectivity index (χ3n) is 7.15. The molecule has 2 atom stereocenters. The number of hydrogen-bond acceptors (Lipinski definition) is 9. The fourth-order valence-electron chi connectivity index (χ4n) is 5.07. The Kier molecular flexibility index (Phi) is 9.39. The van der Waals surface area contributed by atoms with Crippen molar-refractivity contribution in [3.8, 4) is 17.2 Å². The lowest BCUT2D eigenvalue weighted by atomic mass is 9.83. The standard InChI is InChI=1S/C34H38N2O8/c1-33(2,3)44-29(38)16-17-34(32(39)35-21-23-10-15-27-28(20-23)42-22-41-27)30(24-8-5-4-6-9-24)43-31(36-34)25-11-13-26(14-12-25)40-19-7-18-37/h4-6,8-15,20,30,37H,7,16-19,21-22H2,1-3H3,(H,35,39)/t30-,34-/m1/s1. The number of carbonyl (C=O) groups excluding carboxylic acids is 2. The van der Waals surface area contributed by atoms with E-state index >= 15 is 0 Å². The zero-order valence-electron chi connectivity index (χ0n) is 25.2. The number of nitrogens with one attached hydrogen (secondary N) is 1. The van der Waals surface area contributed by atoms with Gasteiger partial charge < -0.3 is 34.1 Å². The molecule has 0 unspecified atom stereocenters. The molecule has 0 bridgehead atoms. The number of fused-ring (bicyclic) bond motifs is 1. The second kappa shape index (κ2) is 13.4. The van der Waals surface area contributed by atoms with Crippen molar-refractivity contribution in [2.24, 2.45) is 4.99 Å². The van der Waals surface area contributed by atoms with Crippen LogP contribution in [0.15, 0.2) is 77.8 Å². The smallest absolute Gasteiger partial charge is 0.306 e. The molecule has 0 aromatic heterocycles. The predicted molar refractivity (Wildman–Crippen MR) is 163 cm³/mol. The number of nitrogens with zero attached hydrogens (tertiary/aromatic N) is 1. The number of hydrogen-bond donors (Lipinski definition) is 2. The van der Waals surface area contributed by atoms with Crippen LogP contribution in [0.3, 0.4) is 0 Å². The van der Waals surface area contributed by atoms with Gasteiger partial charge in [0.15, 0.2) is 23.1 Å². The molecule has 2 heterocycles. The summed E-state index contributed by atoms with van der Waals surface area (Å²) in [5.74, 6) is 1.38. The summed E-state index contributed by atoms with van der Waals surface area (Å²) in [6.45, 7) is 6.21. The molecular formula is C34H38N2O8. The molecule has 0 radical (unpaired) electrons. The summed E-state index contributed by atoms with van der Waals surface area (Å²) in [5, 5.41) is 12.1. The monoisotopic (exact) mass is 602 g/mol. The lowest BCUT2D eigenvalue weighted by molar-refractivity contribution is -0.155. The van der Waals surface area contributed by atoms with Crippen LogP contribution in [0.5, 0.6) is 17.2 Å². The average Bonchev–Trinajstić information content (AvgIpc) is 3.64. The van der Waals surface area contributed by atoms with Crippen molar-refractivity contribution in [1.82, 2.24) is 5.32 Å². The molecule has 0 saturated carbocycles. The lowest BCUT2D eigenvalue weighted by Gasteiger charge is -2.31. The molecular weight excluding hydrogens is 564 g/mol. The Morgan fingerprint density at radius 2 is 1.77 bits per heavy atom. The number of rotatable bonds is 12. The second-order valence-electron chi connectivity index (χ2n) is 11.7. The number of aliphatic hydroxyl groups excluding tert-OH is 1. The minimum atomic E-state index is -1.47. The van der Waals surface area contributed by atoms with Crippen LogP contribution in [-0.2, 0) is 25.6 Å². The van der Waals surface area contributed by atoms with Gasteiger partial charge in [-0.1, -0.05) is 36.4 Å². The maximum atomic E-state index is 14.3. The van der Waals surface area contributed by atoms with Crippen molar-refractivity contribution >= 4 is 17.8 Å². The molecule has 10 nitrogen and oxygen atoms in total. The van der Waals surface area contributed by atoms with E-state index in [0.29, 0.717) is 35.8 Å². The molecule has 3 aromatic carbocycles. The summed E-state index contributed by atoms with van der Waals surface area (Å²) >= 11 is 0. The Morgan fingerprint density at radius 1 is 1.02 bits per heavy atom. The van der Waals surface area contributed by atoms with Crippen LogP contribution in [-0.4, -0.2) is 54.0 Å². The van der Waals surface area contributed by atoms with Gasteiger partial charge in [-0.2, -0.15) is 0 Å². The third-order valence-corrected chi connectivity index (χ3v) is 7.15. The van der Waals surface area contributed by atoms with Gasteiger partial charge in [0.05, 0.1) is 6.61 Å². The summed E-state index contributed by atoms with van der Waals surface area (Å²) in [4.78, 5) is 32.1. The molecule has 2 aliphatic heterocycles. The highest BCUT2D eigenvalue weighted by atomic mass is 16.7. The number of aliphatic imine (C=N–C) groups is 1. The number of aliphatic hydroxyl groups is 1. The van der Waals surface area contributed by atoms with E-state index in [1.165, 1.54) is 0 Å². The molecule has 1 amide bonds. The molecule has 3 aromatic rings. The van der Waals surface area contributed by atoms with Crippen molar-refractivity contribution in [3.63, 3.8) is 0 Å². The van der Waals surface area contributed by atoms with Gasteiger partial charge in [-0.3, -0.25) is 9.59 Å². The number of amides is 1. The Hall–Kier alpha value is -4.57. The SMILES string of the molecule is CC(C)(C)OC(=O)CC[C@@]1(C(=O)NCc2ccc3c(c2)OCO3)N=C(c2ccc(OCCCO)cc2)O[C@@H]1c1ccccc1. The quantitative estimate of drug-likeness (QED) is 0.222. The van der Waals surface area contributed by atoms with Crippen LogP contribution in [0.4, 0.5) is 0 Å². The molecule has 232 valence electrons. The number of carbonyl (C=O) groups is 2. The topological polar surface area (TPSA) is 125 Å². The zero-order chi connectivity index (χ0) is 31.2. The third kappa shape index (κ3) is 7.31. The van der Waals surface area contributed by atoms with Gasteiger partial charge >= 0.3 is 5.97 Å². The molecule has 2 N–H and O–H groups in total. The second-order valence-corrected chi connectivity index (χ2v) is 11.7. The van der Waals surface area contributed by atoms with Crippen LogP contribution in [0.2, 0.25) is 0 Å². The maximum Gasteiger partial charge on any atom is 0.306 e. The first-order valence-electron chi connectivity index (χ1n) is 14.7. The van der Waals surface area contributed by atoms with Crippen LogP contribution < -0.4 is 19.5 Å². The minimum absolute atomic E-state index is 0.0458. The van der Waals surface area contributed by atoms with Crippen molar-refractivity contribution in [2.45, 2.75) is 63.8 Å². The van der Waals surface area contributed by atoms with E-state index < -0.39 is 23.2 Å². The summed E-state index contributed by atoms with van der Waals surface area (Å²) in [6.07, 6.45) is -0.271. The lowest BCUT2D eigenvalue weighted by Crippen LogP contribution is -2.48. The molecule has 5 rings (SSSR count). The van der Waals surface area contributed by atoms with Crippen molar-refractivity contribution in [2.75, 3.05) is 20.0 Å². The first-order chi connectivity index (χ1) is 21.2. The van der Waals surface area contributed by atoms with Crippen molar-refractivity contribution in [1.29, 1.82) is 0 Å². The zero-order valence-corrected chi connectivity index (χ0v) is 25.2. The molecule has 44 heavy (non-hydrogen) atoms. The highest BCUT2D eigenvalue weighted by Crippen LogP contribution is 2.43. The van der Waals surface area contributed by atoms with Gasteiger partial charge in [-0.05, 0) is 74.7 Å². The Labute approximate surface area is 257 Å². The van der Waals surface area contributed by atoms with Gasteiger partial charge in [0.25, 0.3) is 5.91 Å². The molecule has 2 aliphatic rings. The van der Waals surface area contributed by atoms with E-state index in [1.54, 1.807) is 39.0 Å². The van der Waals surface area contributed by atoms with Gasteiger partial charge in [-0.15, -0.1) is 0 Å². The number of ether oxygens (including phenoxy) is 5. The normalized spacial score (nSPS) is 18.7. The molecule has 0 fully saturated rings. The summed E-state index contributed by atoms with van der Waals surface area (Å²) in [5.41, 5.74) is 0.0776. The van der Waals surface area contributed by atoms with E-state index in [0.717, 1.165) is 11.1 Å². The first-order valence-corrected chi connectivity index (χ1v) is 14.7. The molecule has 0 saturated heterocycles. The van der Waals surface area contributed by atoms with Crippen molar-refractivity contribution in [3.05, 3.63) is 89.5 Å². The van der Waals surface area contributed by atoms with Crippen LogP contribution in [0.25, 0.3) is 0 Å². The summed E-state index contributed by atoms with van der Waals surface area (Å²) in [6, 6.07) is 22.1. The van der Waals surface area contributed by atoms with Gasteiger partial charge in [-0.25, -0.2) is 4.99 Å². The van der Waals surface area contributed by atoms with E-state index in [4.69, 9.17) is 33.8 Å². The number of benzene rings is 3. The predicted octanol–water partition coefficient (Wildman–Crippen LogP) is 4.87. The highest BCUT2D eigenvalue weighted by molar-refractivity contribution is 6.01. The number of esters is 1. The van der Waals surface area contributed by atoms with Crippen LogP contribution >= 0.6 is 0 Å². The average molecular weight is 603 g/mol. The van der Waals surface area contributed by atoms with Gasteiger partial charge in [0.2, 0.25) is 12.7 Å². The molecule has 0 aliphatic carbocycles. The fourth-order valence-corrected chi connectivity index (χ4v) is 5.07. The summed E-state index contributed by atoms with van der Waals surface area (Å²) < 4.78 is 28.6. The van der Waals surface area contributed by atoms with Crippen molar-refractivity contribution < 1.29 is 38.4 Å². The fraction of sp³-hybridized carbons (Fsp3) is 0.382. The Morgan fingerprint density at radius 3 is 2.50 bits per heavy atom. The Bertz CT molecular complexity index is 1480. The van der Waals surface area contributed by atoms with E-state index in [-0.39, 0.29) is 44.6 Å². The highest BCUT2D eigenvalue weighted by Gasteiger charge is 2.53. The Balaban J connectivity index is 1.47. The van der Waals surface area contributed by atoms with Crippen LogP contribution in [0, 0.1) is 0 Å². The summed E-state index contributed by atoms with van der Waals surface area (Å²) in [7, 11) is 0. The van der Waals surface area contributed by atoms with Crippen LogP contribution in [0.1, 0.15) is 62.8 Å². The van der Waals surface area contributed by atoms with E-state index in [1.807, 2.05) is 54.6 Å². The minimum Gasteiger partial charge on any atom is -0.494 e. The first kappa shape index (κ1) is 30.9. The molecule has 10 heteroatoms. The maximum absolute atomic E-state index is 14.3.